The van der Waals surface area contributed by atoms with Gasteiger partial charge in [-0.3, -0.25) is 0 Å². The third-order valence-electron chi connectivity index (χ3n) is 8.90. The third kappa shape index (κ3) is 1.93. The van der Waals surface area contributed by atoms with Crippen LogP contribution in [0.5, 0.6) is 0 Å². The van der Waals surface area contributed by atoms with E-state index >= 15 is 0 Å². The van der Waals surface area contributed by atoms with Crippen molar-refractivity contribution in [2.24, 2.45) is 40.2 Å². The quantitative estimate of drug-likeness (QED) is 0.603. The van der Waals surface area contributed by atoms with Gasteiger partial charge in [-0.2, -0.15) is 0 Å². The van der Waals surface area contributed by atoms with Crippen molar-refractivity contribution in [2.45, 2.75) is 84.6 Å². The minimum atomic E-state index is 0.490. The Morgan fingerprint density at radius 1 is 1.00 bits per heavy atom. The second-order valence-corrected chi connectivity index (χ2v) is 9.50. The first kappa shape index (κ1) is 15.2. The number of rotatable bonds is 0. The van der Waals surface area contributed by atoms with Gasteiger partial charge in [0, 0.05) is 6.04 Å². The van der Waals surface area contributed by atoms with Crippen molar-refractivity contribution in [1.29, 1.82) is 0 Å². The Kier molecular flexibility index (Phi) is 3.53. The fraction of sp³-hybridized carbons (Fsp3) is 0.905. The molecule has 0 aromatic carbocycles. The molecule has 4 saturated carbocycles. The molecule has 0 aromatic rings. The summed E-state index contributed by atoms with van der Waals surface area (Å²) in [5, 5.41) is 0. The van der Waals surface area contributed by atoms with Crippen molar-refractivity contribution in [3.05, 3.63) is 11.6 Å². The number of allylic oxidation sites excluding steroid dienone is 2. The highest BCUT2D eigenvalue weighted by Gasteiger charge is 2.58. The maximum Gasteiger partial charge on any atom is 0.00418 e. The molecule has 0 radical (unpaired) electrons. The lowest BCUT2D eigenvalue weighted by molar-refractivity contribution is -0.0999. The first-order chi connectivity index (χ1) is 10.5. The van der Waals surface area contributed by atoms with Crippen molar-refractivity contribution >= 4 is 0 Å². The van der Waals surface area contributed by atoms with E-state index in [1.807, 2.05) is 0 Å². The molecule has 2 N–H and O–H groups in total. The molecule has 0 aromatic heterocycles. The Labute approximate surface area is 137 Å². The molecule has 0 aliphatic heterocycles. The highest BCUT2D eigenvalue weighted by molar-refractivity contribution is 5.23. The van der Waals surface area contributed by atoms with E-state index in [1.165, 1.54) is 57.8 Å². The summed E-state index contributed by atoms with van der Waals surface area (Å²) in [5.41, 5.74) is 9.25. The summed E-state index contributed by atoms with van der Waals surface area (Å²) in [6.07, 6.45) is 15.2. The van der Waals surface area contributed by atoms with Gasteiger partial charge in [-0.15, -0.1) is 0 Å². The molecule has 1 heteroatoms. The highest BCUT2D eigenvalue weighted by Crippen LogP contribution is 2.67. The van der Waals surface area contributed by atoms with Crippen LogP contribution < -0.4 is 5.73 Å². The van der Waals surface area contributed by atoms with Crippen molar-refractivity contribution < 1.29 is 0 Å². The summed E-state index contributed by atoms with van der Waals surface area (Å²) < 4.78 is 0. The third-order valence-corrected chi connectivity index (χ3v) is 8.90. The number of nitrogens with two attached hydrogens (primary N) is 1. The number of fused-ring (bicyclic) bond motifs is 5. The van der Waals surface area contributed by atoms with Crippen LogP contribution in [0, 0.1) is 34.5 Å². The zero-order valence-corrected chi connectivity index (χ0v) is 14.9. The van der Waals surface area contributed by atoms with Gasteiger partial charge < -0.3 is 5.73 Å². The van der Waals surface area contributed by atoms with E-state index in [9.17, 15) is 0 Å². The van der Waals surface area contributed by atoms with E-state index in [4.69, 9.17) is 5.73 Å². The molecule has 7 atom stereocenters. The average molecular weight is 302 g/mol. The molecule has 0 bridgehead atoms. The van der Waals surface area contributed by atoms with Crippen LogP contribution in [0.2, 0.25) is 0 Å². The maximum absolute atomic E-state index is 6.30. The molecular formula is C21H35N. The van der Waals surface area contributed by atoms with Crippen LogP contribution in [0.4, 0.5) is 0 Å². The Morgan fingerprint density at radius 3 is 2.59 bits per heavy atom. The highest BCUT2D eigenvalue weighted by atomic mass is 14.7. The summed E-state index contributed by atoms with van der Waals surface area (Å²) in [6.45, 7) is 7.52. The molecule has 0 heterocycles. The molecule has 0 saturated heterocycles. The SMILES string of the molecule is C/C=C1/CC[C@H]2[C@@H]3CC[C@H]4C[C@H](N)CC[C@]4(C)[C@H]3CC[C@]12C. The van der Waals surface area contributed by atoms with Crippen LogP contribution in [0.25, 0.3) is 0 Å². The molecule has 1 nitrogen and oxygen atoms in total. The summed E-state index contributed by atoms with van der Waals surface area (Å²) in [5.74, 6) is 3.90. The van der Waals surface area contributed by atoms with Gasteiger partial charge >= 0.3 is 0 Å². The zero-order chi connectivity index (χ0) is 15.5. The molecule has 0 amide bonds. The van der Waals surface area contributed by atoms with E-state index < -0.39 is 0 Å². The topological polar surface area (TPSA) is 26.0 Å². The largest absolute Gasteiger partial charge is 0.328 e. The van der Waals surface area contributed by atoms with Crippen molar-refractivity contribution in [3.63, 3.8) is 0 Å². The Bertz CT molecular complexity index is 480. The van der Waals surface area contributed by atoms with E-state index in [0.29, 0.717) is 16.9 Å². The van der Waals surface area contributed by atoms with Gasteiger partial charge in [-0.05, 0) is 99.2 Å². The van der Waals surface area contributed by atoms with Gasteiger partial charge in [0.15, 0.2) is 0 Å². The standard InChI is InChI=1S/C21H35N/c1-4-14-6-8-18-17-7-5-15-13-16(22)9-11-21(15,3)19(17)10-12-20(14,18)2/h4,15-19H,5-13,22H2,1-3H3/b14-4-/t15-,16+,17-,18-,19-,20+,21-/m0/s1. The molecule has 4 fully saturated rings. The van der Waals surface area contributed by atoms with Gasteiger partial charge in [-0.25, -0.2) is 0 Å². The van der Waals surface area contributed by atoms with E-state index in [1.54, 1.807) is 5.57 Å². The Hall–Kier alpha value is -0.300. The molecular weight excluding hydrogens is 266 g/mol. The van der Waals surface area contributed by atoms with Gasteiger partial charge in [0.2, 0.25) is 0 Å². The Morgan fingerprint density at radius 2 is 1.82 bits per heavy atom. The van der Waals surface area contributed by atoms with Gasteiger partial charge in [0.05, 0.1) is 0 Å². The van der Waals surface area contributed by atoms with Crippen LogP contribution in [0.3, 0.4) is 0 Å². The molecule has 4 aliphatic carbocycles. The second-order valence-electron chi connectivity index (χ2n) is 9.50. The zero-order valence-electron chi connectivity index (χ0n) is 14.9. The second kappa shape index (κ2) is 5.10. The Balaban J connectivity index is 1.63. The molecule has 0 spiro atoms. The lowest BCUT2D eigenvalue weighted by Crippen LogP contribution is -2.54. The fourth-order valence-electron chi connectivity index (χ4n) is 7.61. The molecule has 4 aliphatic rings. The van der Waals surface area contributed by atoms with Crippen LogP contribution >= 0.6 is 0 Å². The molecule has 124 valence electrons. The van der Waals surface area contributed by atoms with Crippen molar-refractivity contribution in [2.75, 3.05) is 0 Å². The van der Waals surface area contributed by atoms with Crippen LogP contribution in [0.1, 0.15) is 78.6 Å². The molecule has 0 unspecified atom stereocenters. The van der Waals surface area contributed by atoms with Gasteiger partial charge in [0.25, 0.3) is 0 Å². The van der Waals surface area contributed by atoms with Crippen LogP contribution in [-0.2, 0) is 0 Å². The van der Waals surface area contributed by atoms with Crippen molar-refractivity contribution in [3.8, 4) is 0 Å². The van der Waals surface area contributed by atoms with E-state index in [-0.39, 0.29) is 0 Å². The average Bonchev–Trinajstić information content (AvgIpc) is 2.84. The summed E-state index contributed by atoms with van der Waals surface area (Å²) in [7, 11) is 0. The van der Waals surface area contributed by atoms with Crippen molar-refractivity contribution in [1.82, 2.24) is 0 Å². The maximum atomic E-state index is 6.30. The number of hydrogen-bond donors (Lipinski definition) is 1. The van der Waals surface area contributed by atoms with Gasteiger partial charge in [-0.1, -0.05) is 25.5 Å². The normalized spacial score (nSPS) is 56.4. The summed E-state index contributed by atoms with van der Waals surface area (Å²) in [4.78, 5) is 0. The monoisotopic (exact) mass is 301 g/mol. The fourth-order valence-corrected chi connectivity index (χ4v) is 7.61. The predicted octanol–water partition coefficient (Wildman–Crippen LogP) is 5.30. The first-order valence-corrected chi connectivity index (χ1v) is 9.90. The van der Waals surface area contributed by atoms with Crippen LogP contribution in [0.15, 0.2) is 11.6 Å². The van der Waals surface area contributed by atoms with Gasteiger partial charge in [0.1, 0.15) is 0 Å². The van der Waals surface area contributed by atoms with E-state index in [2.05, 4.69) is 26.8 Å². The predicted molar refractivity (Wildman–Crippen MR) is 93.5 cm³/mol. The minimum Gasteiger partial charge on any atom is -0.328 e. The lowest BCUT2D eigenvalue weighted by atomic mass is 9.45. The summed E-state index contributed by atoms with van der Waals surface area (Å²) in [6, 6.07) is 0.490. The first-order valence-electron chi connectivity index (χ1n) is 9.90. The molecule has 22 heavy (non-hydrogen) atoms. The smallest absolute Gasteiger partial charge is 0.00418 e. The molecule has 4 rings (SSSR count). The number of hydrogen-bond acceptors (Lipinski definition) is 1. The van der Waals surface area contributed by atoms with Crippen LogP contribution in [-0.4, -0.2) is 6.04 Å². The summed E-state index contributed by atoms with van der Waals surface area (Å²) >= 11 is 0. The van der Waals surface area contributed by atoms with E-state index in [0.717, 1.165) is 23.7 Å². The lowest BCUT2D eigenvalue weighted by Gasteiger charge is -2.60. The minimum absolute atomic E-state index is 0.490.